The standard InChI is InChI=1S/C19H25OS/c1-2-3-11-20-19-15-17(21-12-7-4-8-13-21)14-16-9-5-6-10-18(16)19/h5-6,9-10,14-15H,2-4,7-8,11-13H2,1H3/q+1. The Kier molecular flexibility index (Phi) is 5.08. The molecule has 0 saturated carbocycles. The molecule has 0 unspecified atom stereocenters. The van der Waals surface area contributed by atoms with Crippen LogP contribution in [-0.2, 0) is 10.9 Å². The van der Waals surface area contributed by atoms with Crippen LogP contribution in [0.5, 0.6) is 5.75 Å². The van der Waals surface area contributed by atoms with E-state index in [1.807, 2.05) is 0 Å². The van der Waals surface area contributed by atoms with Crippen LogP contribution in [0.3, 0.4) is 0 Å². The number of hydrogen-bond acceptors (Lipinski definition) is 1. The summed E-state index contributed by atoms with van der Waals surface area (Å²) in [7, 11) is 0.438. The Hall–Kier alpha value is -1.15. The van der Waals surface area contributed by atoms with Crippen molar-refractivity contribution in [3.63, 3.8) is 0 Å². The second kappa shape index (κ2) is 7.22. The van der Waals surface area contributed by atoms with Gasteiger partial charge in [0.1, 0.15) is 17.3 Å². The zero-order valence-corrected chi connectivity index (χ0v) is 13.8. The predicted octanol–water partition coefficient (Wildman–Crippen LogP) is 5.18. The number of benzene rings is 2. The molecule has 1 aliphatic heterocycles. The van der Waals surface area contributed by atoms with Gasteiger partial charge in [-0.05, 0) is 31.1 Å². The normalized spacial score (nSPS) is 16.2. The molecule has 2 heteroatoms. The molecule has 0 N–H and O–H groups in total. The van der Waals surface area contributed by atoms with Gasteiger partial charge in [0.2, 0.25) is 0 Å². The topological polar surface area (TPSA) is 9.23 Å². The Morgan fingerprint density at radius 1 is 1.05 bits per heavy atom. The summed E-state index contributed by atoms with van der Waals surface area (Å²) in [6, 6.07) is 13.4. The fourth-order valence-electron chi connectivity index (χ4n) is 2.93. The molecule has 0 bridgehead atoms. The summed E-state index contributed by atoms with van der Waals surface area (Å²) in [5, 5.41) is 2.59. The minimum atomic E-state index is 0.438. The molecule has 0 atom stereocenters. The van der Waals surface area contributed by atoms with Crippen LogP contribution < -0.4 is 4.74 Å². The Balaban J connectivity index is 1.93. The minimum Gasteiger partial charge on any atom is -0.493 e. The molecule has 0 aliphatic carbocycles. The maximum atomic E-state index is 6.10. The summed E-state index contributed by atoms with van der Waals surface area (Å²) >= 11 is 0. The van der Waals surface area contributed by atoms with E-state index in [1.165, 1.54) is 52.9 Å². The molecular formula is C19H25OS+. The van der Waals surface area contributed by atoms with Gasteiger partial charge in [0, 0.05) is 28.4 Å². The van der Waals surface area contributed by atoms with Crippen LogP contribution in [0.2, 0.25) is 0 Å². The van der Waals surface area contributed by atoms with E-state index >= 15 is 0 Å². The number of fused-ring (bicyclic) bond motifs is 1. The van der Waals surface area contributed by atoms with Crippen molar-refractivity contribution in [2.45, 2.75) is 43.9 Å². The van der Waals surface area contributed by atoms with Gasteiger partial charge in [-0.25, -0.2) is 0 Å². The van der Waals surface area contributed by atoms with Crippen LogP contribution in [0.1, 0.15) is 39.0 Å². The molecule has 21 heavy (non-hydrogen) atoms. The van der Waals surface area contributed by atoms with Crippen LogP contribution in [0.25, 0.3) is 10.8 Å². The predicted molar refractivity (Wildman–Crippen MR) is 93.6 cm³/mol. The average Bonchev–Trinajstić information content (AvgIpc) is 2.55. The Morgan fingerprint density at radius 2 is 1.86 bits per heavy atom. The van der Waals surface area contributed by atoms with Crippen molar-refractivity contribution in [2.75, 3.05) is 18.1 Å². The maximum absolute atomic E-state index is 6.10. The van der Waals surface area contributed by atoms with Gasteiger partial charge in [-0.3, -0.25) is 0 Å². The van der Waals surface area contributed by atoms with Crippen LogP contribution >= 0.6 is 0 Å². The molecule has 0 amide bonds. The monoisotopic (exact) mass is 301 g/mol. The third-order valence-corrected chi connectivity index (χ3v) is 6.63. The van der Waals surface area contributed by atoms with E-state index in [-0.39, 0.29) is 0 Å². The first-order chi connectivity index (χ1) is 10.4. The third-order valence-electron chi connectivity index (χ3n) is 4.17. The maximum Gasteiger partial charge on any atom is 0.159 e. The highest BCUT2D eigenvalue weighted by Gasteiger charge is 2.26. The van der Waals surface area contributed by atoms with Crippen molar-refractivity contribution < 1.29 is 4.74 Å². The zero-order valence-electron chi connectivity index (χ0n) is 12.9. The van der Waals surface area contributed by atoms with Gasteiger partial charge in [0.25, 0.3) is 0 Å². The van der Waals surface area contributed by atoms with Crippen LogP contribution in [0, 0.1) is 0 Å². The zero-order chi connectivity index (χ0) is 14.5. The molecule has 1 nitrogen and oxygen atoms in total. The smallest absolute Gasteiger partial charge is 0.159 e. The first kappa shape index (κ1) is 14.8. The molecule has 1 saturated heterocycles. The summed E-state index contributed by atoms with van der Waals surface area (Å²) in [4.78, 5) is 1.51. The first-order valence-electron chi connectivity index (χ1n) is 8.21. The molecule has 0 aromatic heterocycles. The SMILES string of the molecule is CCCCOc1cc([S+]2CCCCC2)cc2ccccc12. The van der Waals surface area contributed by atoms with Gasteiger partial charge in [0.15, 0.2) is 4.90 Å². The minimum absolute atomic E-state index is 0.438. The summed E-state index contributed by atoms with van der Waals surface area (Å²) in [6.07, 6.45) is 6.51. The van der Waals surface area contributed by atoms with Crippen molar-refractivity contribution in [1.29, 1.82) is 0 Å². The second-order valence-electron chi connectivity index (χ2n) is 5.81. The van der Waals surface area contributed by atoms with Gasteiger partial charge in [0.05, 0.1) is 6.61 Å². The van der Waals surface area contributed by atoms with E-state index in [9.17, 15) is 0 Å². The van der Waals surface area contributed by atoms with Crippen molar-refractivity contribution in [3.8, 4) is 5.75 Å². The Labute approximate surface area is 131 Å². The van der Waals surface area contributed by atoms with E-state index < -0.39 is 0 Å². The molecule has 1 fully saturated rings. The van der Waals surface area contributed by atoms with E-state index in [0.29, 0.717) is 10.9 Å². The molecule has 112 valence electrons. The second-order valence-corrected chi connectivity index (χ2v) is 8.08. The molecule has 2 aromatic rings. The summed E-state index contributed by atoms with van der Waals surface area (Å²) in [5.41, 5.74) is 0. The molecule has 1 aliphatic rings. The largest absolute Gasteiger partial charge is 0.493 e. The van der Waals surface area contributed by atoms with Crippen LogP contribution in [0.4, 0.5) is 0 Å². The van der Waals surface area contributed by atoms with Gasteiger partial charge in [-0.1, -0.05) is 37.6 Å². The highest BCUT2D eigenvalue weighted by atomic mass is 32.2. The van der Waals surface area contributed by atoms with Crippen molar-refractivity contribution in [1.82, 2.24) is 0 Å². The van der Waals surface area contributed by atoms with Crippen molar-refractivity contribution >= 4 is 21.7 Å². The fourth-order valence-corrected chi connectivity index (χ4v) is 5.28. The van der Waals surface area contributed by atoms with Gasteiger partial charge < -0.3 is 4.74 Å². The van der Waals surface area contributed by atoms with E-state index in [2.05, 4.69) is 43.3 Å². The number of rotatable bonds is 5. The Bertz CT molecular complexity index is 587. The molecule has 0 radical (unpaired) electrons. The number of unbranched alkanes of at least 4 members (excludes halogenated alkanes) is 1. The van der Waals surface area contributed by atoms with Gasteiger partial charge in [-0.15, -0.1) is 0 Å². The first-order valence-corrected chi connectivity index (χ1v) is 9.78. The molecule has 1 heterocycles. The van der Waals surface area contributed by atoms with Crippen LogP contribution in [-0.4, -0.2) is 18.1 Å². The fraction of sp³-hybridized carbons (Fsp3) is 0.474. The van der Waals surface area contributed by atoms with Gasteiger partial charge >= 0.3 is 0 Å². The van der Waals surface area contributed by atoms with Crippen molar-refractivity contribution in [2.24, 2.45) is 0 Å². The number of hydrogen-bond donors (Lipinski definition) is 0. The highest BCUT2D eigenvalue weighted by molar-refractivity contribution is 7.96. The molecule has 2 aromatic carbocycles. The number of ether oxygens (including phenoxy) is 1. The average molecular weight is 301 g/mol. The Morgan fingerprint density at radius 3 is 2.67 bits per heavy atom. The third kappa shape index (κ3) is 3.55. The lowest BCUT2D eigenvalue weighted by atomic mass is 10.1. The summed E-state index contributed by atoms with van der Waals surface area (Å²) < 4.78 is 6.10. The van der Waals surface area contributed by atoms with E-state index in [0.717, 1.165) is 18.8 Å². The van der Waals surface area contributed by atoms with E-state index in [1.54, 1.807) is 0 Å². The lowest BCUT2D eigenvalue weighted by Crippen LogP contribution is -2.17. The van der Waals surface area contributed by atoms with Gasteiger partial charge in [-0.2, -0.15) is 0 Å². The molecule has 0 spiro atoms. The lowest BCUT2D eigenvalue weighted by molar-refractivity contribution is 0.312. The lowest BCUT2D eigenvalue weighted by Gasteiger charge is -2.16. The van der Waals surface area contributed by atoms with E-state index in [4.69, 9.17) is 4.74 Å². The highest BCUT2D eigenvalue weighted by Crippen LogP contribution is 2.32. The molecular weight excluding hydrogens is 276 g/mol. The summed E-state index contributed by atoms with van der Waals surface area (Å²) in [5.74, 6) is 3.83. The van der Waals surface area contributed by atoms with Crippen LogP contribution in [0.15, 0.2) is 41.3 Å². The van der Waals surface area contributed by atoms with Crippen molar-refractivity contribution in [3.05, 3.63) is 36.4 Å². The summed E-state index contributed by atoms with van der Waals surface area (Å²) in [6.45, 7) is 3.04. The quantitative estimate of drug-likeness (QED) is 0.546. The molecule has 3 rings (SSSR count).